The quantitative estimate of drug-likeness (QED) is 0.774. The molecule has 1 aliphatic heterocycles. The zero-order valence-electron chi connectivity index (χ0n) is 14.5. The first-order valence-corrected chi connectivity index (χ1v) is 8.60. The molecule has 0 radical (unpaired) electrons. The number of nitrogens with zero attached hydrogens (tertiary/aromatic N) is 2. The fraction of sp³-hybridized carbons (Fsp3) is 0.611. The van der Waals surface area contributed by atoms with Crippen molar-refractivity contribution in [2.75, 3.05) is 45.9 Å². The SMILES string of the molecule is CCCN1CCN(C(=O)c2ccc(OCC)cc2OCC)CC1. The van der Waals surface area contributed by atoms with Gasteiger partial charge in [0.1, 0.15) is 11.5 Å². The molecule has 1 heterocycles. The van der Waals surface area contributed by atoms with Crippen LogP contribution in [0.25, 0.3) is 0 Å². The van der Waals surface area contributed by atoms with Crippen molar-refractivity contribution < 1.29 is 14.3 Å². The summed E-state index contributed by atoms with van der Waals surface area (Å²) in [7, 11) is 0. The van der Waals surface area contributed by atoms with Gasteiger partial charge in [0.05, 0.1) is 18.8 Å². The number of piperazine rings is 1. The first-order chi connectivity index (χ1) is 11.2. The summed E-state index contributed by atoms with van der Waals surface area (Å²) in [6, 6.07) is 5.47. The Bertz CT molecular complexity index is 511. The van der Waals surface area contributed by atoms with Gasteiger partial charge in [-0.2, -0.15) is 0 Å². The smallest absolute Gasteiger partial charge is 0.257 e. The standard InChI is InChI=1S/C18H28N2O3/c1-4-9-19-10-12-20(13-11-19)18(21)16-8-7-15(22-5-2)14-17(16)23-6-3/h7-8,14H,4-6,9-13H2,1-3H3. The topological polar surface area (TPSA) is 42.0 Å². The van der Waals surface area contributed by atoms with Gasteiger partial charge in [-0.15, -0.1) is 0 Å². The van der Waals surface area contributed by atoms with E-state index in [0.29, 0.717) is 24.5 Å². The minimum absolute atomic E-state index is 0.0487. The Balaban J connectivity index is 2.09. The zero-order valence-corrected chi connectivity index (χ0v) is 14.5. The van der Waals surface area contributed by atoms with E-state index in [9.17, 15) is 4.79 Å². The van der Waals surface area contributed by atoms with Crippen LogP contribution in [0.5, 0.6) is 11.5 Å². The molecular weight excluding hydrogens is 292 g/mol. The highest BCUT2D eigenvalue weighted by atomic mass is 16.5. The molecule has 2 rings (SSSR count). The van der Waals surface area contributed by atoms with Gasteiger partial charge in [0, 0.05) is 32.2 Å². The Morgan fingerprint density at radius 3 is 2.35 bits per heavy atom. The Hall–Kier alpha value is -1.75. The van der Waals surface area contributed by atoms with Gasteiger partial charge in [0.2, 0.25) is 0 Å². The minimum atomic E-state index is 0.0487. The average molecular weight is 320 g/mol. The molecule has 0 bridgehead atoms. The molecule has 1 amide bonds. The maximum atomic E-state index is 12.8. The van der Waals surface area contributed by atoms with E-state index in [1.54, 1.807) is 0 Å². The molecule has 5 heteroatoms. The molecule has 1 saturated heterocycles. The van der Waals surface area contributed by atoms with E-state index in [0.717, 1.165) is 44.9 Å². The first kappa shape index (κ1) is 17.6. The van der Waals surface area contributed by atoms with Crippen molar-refractivity contribution in [1.82, 2.24) is 9.80 Å². The highest BCUT2D eigenvalue weighted by molar-refractivity contribution is 5.97. The monoisotopic (exact) mass is 320 g/mol. The number of amides is 1. The number of benzene rings is 1. The van der Waals surface area contributed by atoms with Crippen molar-refractivity contribution >= 4 is 5.91 Å². The molecule has 0 saturated carbocycles. The molecule has 1 aromatic carbocycles. The summed E-state index contributed by atoms with van der Waals surface area (Å²) in [4.78, 5) is 17.1. The Morgan fingerprint density at radius 2 is 1.74 bits per heavy atom. The third kappa shape index (κ3) is 4.61. The van der Waals surface area contributed by atoms with E-state index in [-0.39, 0.29) is 5.91 Å². The van der Waals surface area contributed by atoms with E-state index in [1.807, 2.05) is 36.9 Å². The minimum Gasteiger partial charge on any atom is -0.494 e. The van der Waals surface area contributed by atoms with Crippen LogP contribution in [0.4, 0.5) is 0 Å². The van der Waals surface area contributed by atoms with Crippen molar-refractivity contribution in [3.05, 3.63) is 23.8 Å². The van der Waals surface area contributed by atoms with Gasteiger partial charge in [-0.05, 0) is 38.9 Å². The second-order valence-electron chi connectivity index (χ2n) is 5.66. The lowest BCUT2D eigenvalue weighted by atomic mass is 10.1. The first-order valence-electron chi connectivity index (χ1n) is 8.60. The van der Waals surface area contributed by atoms with Crippen molar-refractivity contribution in [2.24, 2.45) is 0 Å². The molecule has 0 aliphatic carbocycles. The van der Waals surface area contributed by atoms with E-state index < -0.39 is 0 Å². The van der Waals surface area contributed by atoms with Crippen molar-refractivity contribution in [3.8, 4) is 11.5 Å². The maximum absolute atomic E-state index is 12.8. The molecule has 0 spiro atoms. The lowest BCUT2D eigenvalue weighted by Gasteiger charge is -2.34. The van der Waals surface area contributed by atoms with Gasteiger partial charge >= 0.3 is 0 Å². The van der Waals surface area contributed by atoms with Gasteiger partial charge < -0.3 is 14.4 Å². The van der Waals surface area contributed by atoms with Crippen molar-refractivity contribution in [2.45, 2.75) is 27.2 Å². The highest BCUT2D eigenvalue weighted by Crippen LogP contribution is 2.26. The van der Waals surface area contributed by atoms with Crippen LogP contribution in [-0.2, 0) is 0 Å². The predicted molar refractivity (Wildman–Crippen MR) is 91.4 cm³/mol. The van der Waals surface area contributed by atoms with E-state index in [1.165, 1.54) is 0 Å². The van der Waals surface area contributed by atoms with Crippen LogP contribution >= 0.6 is 0 Å². The second kappa shape index (κ2) is 8.77. The van der Waals surface area contributed by atoms with Gasteiger partial charge in [0.25, 0.3) is 5.91 Å². The van der Waals surface area contributed by atoms with Gasteiger partial charge in [0.15, 0.2) is 0 Å². The summed E-state index contributed by atoms with van der Waals surface area (Å²) in [5.74, 6) is 1.40. The Labute approximate surface area is 139 Å². The predicted octanol–water partition coefficient (Wildman–Crippen LogP) is 2.65. The summed E-state index contributed by atoms with van der Waals surface area (Å²) in [5, 5.41) is 0. The molecule has 0 atom stereocenters. The molecule has 1 aliphatic rings. The summed E-state index contributed by atoms with van der Waals surface area (Å²) in [6.45, 7) is 11.7. The fourth-order valence-electron chi connectivity index (χ4n) is 2.87. The van der Waals surface area contributed by atoms with Crippen LogP contribution in [0.15, 0.2) is 18.2 Å². The molecule has 1 aromatic rings. The van der Waals surface area contributed by atoms with E-state index >= 15 is 0 Å². The van der Waals surface area contributed by atoms with Gasteiger partial charge in [-0.3, -0.25) is 9.69 Å². The summed E-state index contributed by atoms with van der Waals surface area (Å²) >= 11 is 0. The second-order valence-corrected chi connectivity index (χ2v) is 5.66. The number of hydrogen-bond acceptors (Lipinski definition) is 4. The normalized spacial score (nSPS) is 15.5. The zero-order chi connectivity index (χ0) is 16.7. The molecule has 128 valence electrons. The van der Waals surface area contributed by atoms with Crippen LogP contribution in [0.1, 0.15) is 37.6 Å². The molecule has 23 heavy (non-hydrogen) atoms. The molecule has 0 N–H and O–H groups in total. The van der Waals surface area contributed by atoms with Crippen molar-refractivity contribution in [3.63, 3.8) is 0 Å². The molecule has 1 fully saturated rings. The lowest BCUT2D eigenvalue weighted by Crippen LogP contribution is -2.48. The van der Waals surface area contributed by atoms with Crippen LogP contribution in [-0.4, -0.2) is 61.6 Å². The summed E-state index contributed by atoms with van der Waals surface area (Å²) in [5.41, 5.74) is 0.624. The Morgan fingerprint density at radius 1 is 1.04 bits per heavy atom. The molecule has 0 aromatic heterocycles. The van der Waals surface area contributed by atoms with Gasteiger partial charge in [-0.25, -0.2) is 0 Å². The number of rotatable bonds is 7. The third-order valence-corrected chi connectivity index (χ3v) is 3.99. The number of carbonyl (C=O) groups is 1. The molecule has 0 unspecified atom stereocenters. The number of hydrogen-bond donors (Lipinski definition) is 0. The highest BCUT2D eigenvalue weighted by Gasteiger charge is 2.24. The maximum Gasteiger partial charge on any atom is 0.257 e. The van der Waals surface area contributed by atoms with Crippen LogP contribution in [0.2, 0.25) is 0 Å². The van der Waals surface area contributed by atoms with Gasteiger partial charge in [-0.1, -0.05) is 6.92 Å². The summed E-state index contributed by atoms with van der Waals surface area (Å²) < 4.78 is 11.2. The summed E-state index contributed by atoms with van der Waals surface area (Å²) in [6.07, 6.45) is 1.15. The number of ether oxygens (including phenoxy) is 2. The van der Waals surface area contributed by atoms with Crippen LogP contribution in [0, 0.1) is 0 Å². The van der Waals surface area contributed by atoms with Crippen LogP contribution in [0.3, 0.4) is 0 Å². The molecule has 5 nitrogen and oxygen atoms in total. The third-order valence-electron chi connectivity index (χ3n) is 3.99. The molecular formula is C18H28N2O3. The number of carbonyl (C=O) groups excluding carboxylic acids is 1. The van der Waals surface area contributed by atoms with E-state index in [2.05, 4.69) is 11.8 Å². The fourth-order valence-corrected chi connectivity index (χ4v) is 2.87. The average Bonchev–Trinajstić information content (AvgIpc) is 2.56. The largest absolute Gasteiger partial charge is 0.494 e. The Kier molecular flexibility index (Phi) is 6.71. The lowest BCUT2D eigenvalue weighted by molar-refractivity contribution is 0.0633. The van der Waals surface area contributed by atoms with Crippen LogP contribution < -0.4 is 9.47 Å². The van der Waals surface area contributed by atoms with Crippen molar-refractivity contribution in [1.29, 1.82) is 0 Å². The van der Waals surface area contributed by atoms with E-state index in [4.69, 9.17) is 9.47 Å².